The van der Waals surface area contributed by atoms with Crippen molar-refractivity contribution in [3.63, 3.8) is 0 Å². The van der Waals surface area contributed by atoms with Gasteiger partial charge in [0.1, 0.15) is 0 Å². The molecule has 0 unspecified atom stereocenters. The number of piperidine rings is 1. The van der Waals surface area contributed by atoms with Gasteiger partial charge in [0.15, 0.2) is 0 Å². The molecule has 1 aliphatic rings. The van der Waals surface area contributed by atoms with Gasteiger partial charge in [0.2, 0.25) is 5.91 Å². The molecule has 3 aromatic carbocycles. The number of aryl methyl sites for hydroxylation is 1. The van der Waals surface area contributed by atoms with Gasteiger partial charge in [-0.1, -0.05) is 36.4 Å². The summed E-state index contributed by atoms with van der Waals surface area (Å²) < 4.78 is 2.30. The third-order valence-electron chi connectivity index (χ3n) is 6.53. The Bertz CT molecular complexity index is 1300. The summed E-state index contributed by atoms with van der Waals surface area (Å²) in [4.78, 5) is 27.2. The first-order valence-corrected chi connectivity index (χ1v) is 11.6. The fourth-order valence-corrected chi connectivity index (χ4v) is 4.79. The molecule has 1 saturated heterocycles. The van der Waals surface area contributed by atoms with E-state index in [2.05, 4.69) is 58.5 Å². The molecule has 2 N–H and O–H groups in total. The average molecular weight is 441 g/mol. The number of benzene rings is 3. The van der Waals surface area contributed by atoms with Gasteiger partial charge in [0, 0.05) is 58.7 Å². The number of nitrogens with zero attached hydrogens (tertiary/aromatic N) is 2. The molecule has 0 bridgehead atoms. The summed E-state index contributed by atoms with van der Waals surface area (Å²) in [6.45, 7) is 4.18. The fourth-order valence-electron chi connectivity index (χ4n) is 4.79. The smallest absolute Gasteiger partial charge is 0.321 e. The average Bonchev–Trinajstić information content (AvgIpc) is 3.17. The number of hydrogen-bond acceptors (Lipinski definition) is 2. The first-order chi connectivity index (χ1) is 16.1. The first-order valence-electron chi connectivity index (χ1n) is 11.6. The van der Waals surface area contributed by atoms with Gasteiger partial charge < -0.3 is 20.1 Å². The van der Waals surface area contributed by atoms with Crippen molar-refractivity contribution in [3.8, 4) is 0 Å². The number of para-hydroxylation sites is 2. The minimum Gasteiger partial charge on any atom is -0.341 e. The van der Waals surface area contributed by atoms with Gasteiger partial charge in [0.05, 0.1) is 0 Å². The van der Waals surface area contributed by atoms with Crippen molar-refractivity contribution in [3.05, 3.63) is 72.8 Å². The summed E-state index contributed by atoms with van der Waals surface area (Å²) in [5.74, 6) is -0.0739. The van der Waals surface area contributed by atoms with Crippen LogP contribution in [0.4, 0.5) is 16.2 Å². The normalized spacial score (nSPS) is 14.5. The van der Waals surface area contributed by atoms with Crippen LogP contribution < -0.4 is 10.6 Å². The summed E-state index contributed by atoms with van der Waals surface area (Å²) in [5.41, 5.74) is 3.98. The van der Waals surface area contributed by atoms with Crippen molar-refractivity contribution in [1.29, 1.82) is 0 Å². The number of carbonyl (C=O) groups is 2. The molecule has 0 radical (unpaired) electrons. The number of carbonyl (C=O) groups excluding carboxylic acids is 2. The number of anilines is 2. The van der Waals surface area contributed by atoms with Gasteiger partial charge >= 0.3 is 6.03 Å². The molecule has 5 rings (SSSR count). The molecular weight excluding hydrogens is 412 g/mol. The van der Waals surface area contributed by atoms with Crippen molar-refractivity contribution in [2.75, 3.05) is 23.7 Å². The van der Waals surface area contributed by atoms with E-state index in [4.69, 9.17) is 0 Å². The van der Waals surface area contributed by atoms with Gasteiger partial charge in [-0.25, -0.2) is 4.79 Å². The number of amides is 3. The molecule has 0 aliphatic carbocycles. The zero-order chi connectivity index (χ0) is 22.8. The molecule has 1 aromatic heterocycles. The Balaban J connectivity index is 1.24. The summed E-state index contributed by atoms with van der Waals surface area (Å²) in [5, 5.41) is 8.38. The van der Waals surface area contributed by atoms with Crippen molar-refractivity contribution in [2.24, 2.45) is 5.92 Å². The van der Waals surface area contributed by atoms with Crippen LogP contribution >= 0.6 is 0 Å². The third kappa shape index (κ3) is 4.16. The molecule has 6 heteroatoms. The van der Waals surface area contributed by atoms with Gasteiger partial charge in [-0.2, -0.15) is 0 Å². The van der Waals surface area contributed by atoms with Crippen molar-refractivity contribution >= 4 is 45.1 Å². The highest BCUT2D eigenvalue weighted by Crippen LogP contribution is 2.31. The highest BCUT2D eigenvalue weighted by molar-refractivity contribution is 6.09. The van der Waals surface area contributed by atoms with Gasteiger partial charge in [-0.05, 0) is 56.2 Å². The fraction of sp³-hybridized carbons (Fsp3) is 0.259. The molecule has 33 heavy (non-hydrogen) atoms. The van der Waals surface area contributed by atoms with E-state index >= 15 is 0 Å². The number of urea groups is 1. The van der Waals surface area contributed by atoms with Crippen LogP contribution in [0.1, 0.15) is 19.8 Å². The first kappa shape index (κ1) is 21.1. The third-order valence-corrected chi connectivity index (χ3v) is 6.53. The molecule has 1 fully saturated rings. The second-order valence-corrected chi connectivity index (χ2v) is 8.54. The maximum absolute atomic E-state index is 13.0. The van der Waals surface area contributed by atoms with E-state index in [0.29, 0.717) is 25.9 Å². The maximum atomic E-state index is 13.0. The van der Waals surface area contributed by atoms with Crippen LogP contribution in [0.2, 0.25) is 0 Å². The van der Waals surface area contributed by atoms with Crippen molar-refractivity contribution in [1.82, 2.24) is 9.47 Å². The highest BCUT2D eigenvalue weighted by Gasteiger charge is 2.27. The van der Waals surface area contributed by atoms with Crippen LogP contribution in [-0.4, -0.2) is 34.5 Å². The summed E-state index contributed by atoms with van der Waals surface area (Å²) in [6.07, 6.45) is 1.32. The Morgan fingerprint density at radius 2 is 1.52 bits per heavy atom. The number of nitrogens with one attached hydrogen (secondary N) is 2. The highest BCUT2D eigenvalue weighted by atomic mass is 16.2. The molecule has 4 aromatic rings. The van der Waals surface area contributed by atoms with E-state index in [1.165, 1.54) is 16.4 Å². The van der Waals surface area contributed by atoms with E-state index in [9.17, 15) is 9.59 Å². The number of fused-ring (bicyclic) bond motifs is 3. The molecule has 6 nitrogen and oxygen atoms in total. The summed E-state index contributed by atoms with van der Waals surface area (Å²) in [6, 6.07) is 23.8. The molecular formula is C27H28N4O2. The van der Waals surface area contributed by atoms with E-state index in [1.807, 2.05) is 36.4 Å². The van der Waals surface area contributed by atoms with Crippen LogP contribution in [0.3, 0.4) is 0 Å². The standard InChI is InChI=1S/C27H28N4O2/c1-2-31-24-11-7-6-10-22(24)23-18-21(12-13-25(23)31)28-26(32)19-14-16-30(17-15-19)27(33)29-20-8-4-3-5-9-20/h3-13,18-19H,2,14-17H2,1H3,(H,28,32)(H,29,33). The molecule has 3 amide bonds. The predicted molar refractivity (Wildman–Crippen MR) is 134 cm³/mol. The number of aromatic nitrogens is 1. The van der Waals surface area contributed by atoms with Crippen LogP contribution in [0.5, 0.6) is 0 Å². The Labute approximate surface area is 193 Å². The van der Waals surface area contributed by atoms with E-state index in [1.54, 1.807) is 4.90 Å². The van der Waals surface area contributed by atoms with E-state index in [0.717, 1.165) is 23.3 Å². The van der Waals surface area contributed by atoms with Crippen LogP contribution in [0.25, 0.3) is 21.8 Å². The Morgan fingerprint density at radius 1 is 0.818 bits per heavy atom. The molecule has 168 valence electrons. The molecule has 1 aliphatic heterocycles. The van der Waals surface area contributed by atoms with Crippen LogP contribution in [-0.2, 0) is 11.3 Å². The second-order valence-electron chi connectivity index (χ2n) is 8.54. The molecule has 0 atom stereocenters. The second kappa shape index (κ2) is 8.98. The molecule has 0 saturated carbocycles. The van der Waals surface area contributed by atoms with Gasteiger partial charge in [0.25, 0.3) is 0 Å². The minimum absolute atomic E-state index is 0.0247. The van der Waals surface area contributed by atoms with Gasteiger partial charge in [-0.3, -0.25) is 4.79 Å². The van der Waals surface area contributed by atoms with Gasteiger partial charge in [-0.15, -0.1) is 0 Å². The van der Waals surface area contributed by atoms with E-state index in [-0.39, 0.29) is 17.9 Å². The predicted octanol–water partition coefficient (Wildman–Crippen LogP) is 5.70. The Hall–Kier alpha value is -3.80. The van der Waals surface area contributed by atoms with E-state index < -0.39 is 0 Å². The zero-order valence-corrected chi connectivity index (χ0v) is 18.8. The maximum Gasteiger partial charge on any atom is 0.321 e. The number of hydrogen-bond donors (Lipinski definition) is 2. The Morgan fingerprint density at radius 3 is 2.27 bits per heavy atom. The summed E-state index contributed by atoms with van der Waals surface area (Å²) in [7, 11) is 0. The SMILES string of the molecule is CCn1c2ccccc2c2cc(NC(=O)C3CCN(C(=O)Nc4ccccc4)CC3)ccc21. The minimum atomic E-state index is -0.113. The lowest BCUT2D eigenvalue weighted by molar-refractivity contribution is -0.121. The lowest BCUT2D eigenvalue weighted by Gasteiger charge is -2.31. The summed E-state index contributed by atoms with van der Waals surface area (Å²) >= 11 is 0. The lowest BCUT2D eigenvalue weighted by Crippen LogP contribution is -2.43. The van der Waals surface area contributed by atoms with Crippen molar-refractivity contribution < 1.29 is 9.59 Å². The lowest BCUT2D eigenvalue weighted by atomic mass is 9.96. The quantitative estimate of drug-likeness (QED) is 0.428. The number of likely N-dealkylation sites (tertiary alicyclic amines) is 1. The zero-order valence-electron chi connectivity index (χ0n) is 18.8. The molecule has 2 heterocycles. The molecule has 0 spiro atoms. The largest absolute Gasteiger partial charge is 0.341 e. The van der Waals surface area contributed by atoms with Crippen LogP contribution in [0.15, 0.2) is 72.8 Å². The monoisotopic (exact) mass is 440 g/mol. The Kier molecular flexibility index (Phi) is 5.73. The van der Waals surface area contributed by atoms with Crippen LogP contribution in [0, 0.1) is 5.92 Å². The van der Waals surface area contributed by atoms with Crippen molar-refractivity contribution in [2.45, 2.75) is 26.3 Å². The topological polar surface area (TPSA) is 66.4 Å². The number of rotatable bonds is 4.